The predicted octanol–water partition coefficient (Wildman–Crippen LogP) is 3.20. The third-order valence-electron chi connectivity index (χ3n) is 3.48. The SMILES string of the molecule is NNC(C1=COCCC1)c1nc2ccccc2cc1Br. The van der Waals surface area contributed by atoms with E-state index in [2.05, 4.69) is 27.4 Å². The second kappa shape index (κ2) is 5.91. The molecule has 0 amide bonds. The van der Waals surface area contributed by atoms with Gasteiger partial charge in [-0.2, -0.15) is 0 Å². The van der Waals surface area contributed by atoms with E-state index >= 15 is 0 Å². The monoisotopic (exact) mass is 333 g/mol. The number of pyridine rings is 1. The Morgan fingerprint density at radius 1 is 1.35 bits per heavy atom. The lowest BCUT2D eigenvalue weighted by atomic mass is 9.99. The van der Waals surface area contributed by atoms with Crippen LogP contribution in [0.2, 0.25) is 0 Å². The lowest BCUT2D eigenvalue weighted by Crippen LogP contribution is -2.31. The van der Waals surface area contributed by atoms with Crippen LogP contribution in [0.25, 0.3) is 10.9 Å². The Kier molecular flexibility index (Phi) is 4.00. The van der Waals surface area contributed by atoms with Crippen LogP contribution in [0.3, 0.4) is 0 Å². The Labute approximate surface area is 126 Å². The molecule has 4 nitrogen and oxygen atoms in total. The van der Waals surface area contributed by atoms with Crippen LogP contribution in [0, 0.1) is 0 Å². The van der Waals surface area contributed by atoms with Crippen LogP contribution in [0.15, 0.2) is 46.6 Å². The van der Waals surface area contributed by atoms with Gasteiger partial charge < -0.3 is 4.74 Å². The zero-order chi connectivity index (χ0) is 13.9. The molecule has 1 aliphatic heterocycles. The van der Waals surface area contributed by atoms with Gasteiger partial charge in [-0.25, -0.2) is 10.4 Å². The summed E-state index contributed by atoms with van der Waals surface area (Å²) in [5.41, 5.74) is 5.83. The molecular weight excluding hydrogens is 318 g/mol. The summed E-state index contributed by atoms with van der Waals surface area (Å²) in [6, 6.07) is 9.99. The molecule has 0 spiro atoms. The number of nitrogens with two attached hydrogens (primary N) is 1. The molecule has 1 aromatic carbocycles. The number of rotatable bonds is 3. The molecule has 3 N–H and O–H groups in total. The highest BCUT2D eigenvalue weighted by Gasteiger charge is 2.22. The van der Waals surface area contributed by atoms with Crippen molar-refractivity contribution in [3.05, 3.63) is 52.3 Å². The summed E-state index contributed by atoms with van der Waals surface area (Å²) in [5, 5.41) is 1.10. The Morgan fingerprint density at radius 3 is 2.95 bits per heavy atom. The maximum Gasteiger partial charge on any atom is 0.0885 e. The smallest absolute Gasteiger partial charge is 0.0885 e. The van der Waals surface area contributed by atoms with E-state index in [9.17, 15) is 0 Å². The van der Waals surface area contributed by atoms with Crippen LogP contribution in [0.5, 0.6) is 0 Å². The molecule has 0 saturated carbocycles. The maximum atomic E-state index is 5.74. The average molecular weight is 334 g/mol. The zero-order valence-corrected chi connectivity index (χ0v) is 12.6. The van der Waals surface area contributed by atoms with Crippen LogP contribution < -0.4 is 11.3 Å². The summed E-state index contributed by atoms with van der Waals surface area (Å²) in [7, 11) is 0. The average Bonchev–Trinajstić information content (AvgIpc) is 2.49. The topological polar surface area (TPSA) is 60.2 Å². The molecule has 0 aliphatic carbocycles. The van der Waals surface area contributed by atoms with Crippen LogP contribution in [0.1, 0.15) is 24.6 Å². The number of benzene rings is 1. The van der Waals surface area contributed by atoms with Crippen molar-refractivity contribution in [2.24, 2.45) is 5.84 Å². The molecule has 1 aromatic heterocycles. The van der Waals surface area contributed by atoms with Crippen LogP contribution in [-0.4, -0.2) is 11.6 Å². The molecule has 0 fully saturated rings. The lowest BCUT2D eigenvalue weighted by molar-refractivity contribution is 0.219. The number of hydrogen-bond acceptors (Lipinski definition) is 4. The van der Waals surface area contributed by atoms with E-state index in [0.717, 1.165) is 46.1 Å². The first-order valence-corrected chi connectivity index (χ1v) is 7.41. The highest BCUT2D eigenvalue weighted by molar-refractivity contribution is 9.10. The second-order valence-electron chi connectivity index (χ2n) is 4.81. The highest BCUT2D eigenvalue weighted by Crippen LogP contribution is 2.32. The van der Waals surface area contributed by atoms with E-state index in [1.54, 1.807) is 6.26 Å². The van der Waals surface area contributed by atoms with E-state index in [1.165, 1.54) is 0 Å². The number of fused-ring (bicyclic) bond motifs is 1. The summed E-state index contributed by atoms with van der Waals surface area (Å²) < 4.78 is 6.36. The third-order valence-corrected chi connectivity index (χ3v) is 4.11. The molecule has 2 heterocycles. The van der Waals surface area contributed by atoms with Crippen molar-refractivity contribution in [3.63, 3.8) is 0 Å². The van der Waals surface area contributed by atoms with Gasteiger partial charge in [-0.05, 0) is 46.5 Å². The van der Waals surface area contributed by atoms with E-state index in [4.69, 9.17) is 15.6 Å². The van der Waals surface area contributed by atoms with Crippen molar-refractivity contribution in [1.29, 1.82) is 0 Å². The van der Waals surface area contributed by atoms with Gasteiger partial charge in [0.1, 0.15) is 0 Å². The quantitative estimate of drug-likeness (QED) is 0.668. The first-order valence-electron chi connectivity index (χ1n) is 6.61. The molecule has 104 valence electrons. The van der Waals surface area contributed by atoms with Crippen molar-refractivity contribution in [3.8, 4) is 0 Å². The number of hydrogen-bond donors (Lipinski definition) is 2. The van der Waals surface area contributed by atoms with E-state index in [1.807, 2.05) is 24.3 Å². The van der Waals surface area contributed by atoms with Gasteiger partial charge in [-0.1, -0.05) is 18.2 Å². The Bertz CT molecular complexity index is 657. The Morgan fingerprint density at radius 2 is 2.20 bits per heavy atom. The second-order valence-corrected chi connectivity index (χ2v) is 5.67. The molecule has 2 aromatic rings. The van der Waals surface area contributed by atoms with Crippen molar-refractivity contribution < 1.29 is 4.74 Å². The highest BCUT2D eigenvalue weighted by atomic mass is 79.9. The fourth-order valence-electron chi connectivity index (χ4n) is 2.47. The molecule has 1 atom stereocenters. The van der Waals surface area contributed by atoms with Gasteiger partial charge in [0.2, 0.25) is 0 Å². The van der Waals surface area contributed by atoms with Gasteiger partial charge in [-0.3, -0.25) is 5.84 Å². The number of para-hydroxylation sites is 1. The molecule has 1 unspecified atom stereocenters. The first-order chi connectivity index (χ1) is 9.79. The number of ether oxygens (including phenoxy) is 1. The molecule has 0 radical (unpaired) electrons. The lowest BCUT2D eigenvalue weighted by Gasteiger charge is -2.23. The molecular formula is C15H16BrN3O. The number of aromatic nitrogens is 1. The van der Waals surface area contributed by atoms with Gasteiger partial charge in [0.05, 0.1) is 30.1 Å². The van der Waals surface area contributed by atoms with Crippen LogP contribution in [0.4, 0.5) is 0 Å². The normalized spacial score (nSPS) is 16.6. The fraction of sp³-hybridized carbons (Fsp3) is 0.267. The third kappa shape index (κ3) is 2.57. The molecule has 1 aliphatic rings. The summed E-state index contributed by atoms with van der Waals surface area (Å²) in [4.78, 5) is 4.74. The minimum absolute atomic E-state index is 0.130. The van der Waals surface area contributed by atoms with Gasteiger partial charge in [0.25, 0.3) is 0 Å². The van der Waals surface area contributed by atoms with Gasteiger partial charge in [0, 0.05) is 9.86 Å². The largest absolute Gasteiger partial charge is 0.501 e. The summed E-state index contributed by atoms with van der Waals surface area (Å²) in [6.07, 6.45) is 3.78. The molecule has 3 rings (SSSR count). The minimum Gasteiger partial charge on any atom is -0.501 e. The van der Waals surface area contributed by atoms with Crippen molar-refractivity contribution in [2.75, 3.05) is 6.61 Å². The minimum atomic E-state index is -0.130. The summed E-state index contributed by atoms with van der Waals surface area (Å²) >= 11 is 3.60. The van der Waals surface area contributed by atoms with Crippen molar-refractivity contribution in [1.82, 2.24) is 10.4 Å². The van der Waals surface area contributed by atoms with E-state index in [0.29, 0.717) is 0 Å². The Balaban J connectivity index is 2.06. The van der Waals surface area contributed by atoms with Crippen LogP contribution in [-0.2, 0) is 4.74 Å². The maximum absolute atomic E-state index is 5.74. The molecule has 0 bridgehead atoms. The van der Waals surface area contributed by atoms with E-state index < -0.39 is 0 Å². The van der Waals surface area contributed by atoms with Crippen molar-refractivity contribution >= 4 is 26.8 Å². The standard InChI is InChI=1S/C15H16BrN3O/c16-12-8-10-4-1-2-6-13(10)18-15(12)14(19-17)11-5-3-7-20-9-11/h1-2,4,6,8-9,14,19H,3,5,7,17H2. The van der Waals surface area contributed by atoms with Gasteiger partial charge in [0.15, 0.2) is 0 Å². The number of halogens is 1. The van der Waals surface area contributed by atoms with Crippen molar-refractivity contribution in [2.45, 2.75) is 18.9 Å². The number of nitrogens with one attached hydrogen (secondary N) is 1. The fourth-order valence-corrected chi connectivity index (χ4v) is 3.03. The molecule has 5 heteroatoms. The molecule has 20 heavy (non-hydrogen) atoms. The van der Waals surface area contributed by atoms with Crippen LogP contribution >= 0.6 is 15.9 Å². The number of hydrazine groups is 1. The first kappa shape index (κ1) is 13.5. The number of nitrogens with zero attached hydrogens (tertiary/aromatic N) is 1. The van der Waals surface area contributed by atoms with Gasteiger partial charge in [-0.15, -0.1) is 0 Å². The summed E-state index contributed by atoms with van der Waals surface area (Å²) in [5.74, 6) is 5.74. The van der Waals surface area contributed by atoms with E-state index in [-0.39, 0.29) is 6.04 Å². The Hall–Kier alpha value is -1.43. The molecule has 0 saturated heterocycles. The van der Waals surface area contributed by atoms with Gasteiger partial charge >= 0.3 is 0 Å². The predicted molar refractivity (Wildman–Crippen MR) is 82.8 cm³/mol. The zero-order valence-electron chi connectivity index (χ0n) is 11.0. The summed E-state index contributed by atoms with van der Waals surface area (Å²) in [6.45, 7) is 0.771.